The van der Waals surface area contributed by atoms with Crippen LogP contribution in [0.3, 0.4) is 0 Å². The molecule has 18 heavy (non-hydrogen) atoms. The first-order valence-electron chi connectivity index (χ1n) is 8.06. The molecule has 2 saturated carbocycles. The highest BCUT2D eigenvalue weighted by molar-refractivity contribution is 4.90. The molecule has 0 radical (unpaired) electrons. The average molecular weight is 251 g/mol. The summed E-state index contributed by atoms with van der Waals surface area (Å²) in [6, 6.07) is 1.72. The fourth-order valence-corrected chi connectivity index (χ4v) is 4.48. The van der Waals surface area contributed by atoms with Gasteiger partial charge in [0, 0.05) is 38.3 Å². The minimum atomic E-state index is 0.781. The minimum Gasteiger partial charge on any atom is -0.330 e. The Morgan fingerprint density at radius 3 is 2.11 bits per heavy atom. The minimum absolute atomic E-state index is 0.781. The van der Waals surface area contributed by atoms with Gasteiger partial charge in [0.15, 0.2) is 0 Å². The van der Waals surface area contributed by atoms with Gasteiger partial charge in [-0.25, -0.2) is 0 Å². The molecule has 2 aliphatic carbocycles. The Bertz CT molecular complexity index is 254. The first kappa shape index (κ1) is 12.9. The summed E-state index contributed by atoms with van der Waals surface area (Å²) in [5.41, 5.74) is 5.92. The molecule has 2 N–H and O–H groups in total. The molecule has 0 amide bonds. The average Bonchev–Trinajstić information content (AvgIpc) is 3.10. The van der Waals surface area contributed by atoms with Gasteiger partial charge in [-0.3, -0.25) is 9.80 Å². The van der Waals surface area contributed by atoms with Gasteiger partial charge in [-0.2, -0.15) is 0 Å². The molecule has 3 rings (SSSR count). The molecule has 1 saturated heterocycles. The van der Waals surface area contributed by atoms with E-state index < -0.39 is 0 Å². The molecule has 0 spiro atoms. The van der Waals surface area contributed by atoms with Crippen molar-refractivity contribution in [3.63, 3.8) is 0 Å². The lowest BCUT2D eigenvalue weighted by molar-refractivity contribution is 0.0590. The van der Waals surface area contributed by atoms with E-state index in [0.717, 1.165) is 24.5 Å². The van der Waals surface area contributed by atoms with E-state index in [1.165, 1.54) is 71.1 Å². The molecule has 3 aliphatic rings. The molecule has 0 aromatic heterocycles. The number of nitrogens with two attached hydrogens (primary N) is 1. The number of piperazine rings is 1. The predicted octanol–water partition coefficient (Wildman–Crippen LogP) is 1.67. The van der Waals surface area contributed by atoms with Crippen molar-refractivity contribution in [2.24, 2.45) is 11.7 Å². The molecule has 2 unspecified atom stereocenters. The van der Waals surface area contributed by atoms with E-state index in [-0.39, 0.29) is 0 Å². The zero-order valence-corrected chi connectivity index (χ0v) is 11.7. The molecule has 0 bridgehead atoms. The van der Waals surface area contributed by atoms with Gasteiger partial charge < -0.3 is 5.73 Å². The zero-order chi connectivity index (χ0) is 12.4. The van der Waals surface area contributed by atoms with E-state index in [2.05, 4.69) is 9.80 Å². The van der Waals surface area contributed by atoms with Gasteiger partial charge >= 0.3 is 0 Å². The Labute approximate surface area is 112 Å². The molecule has 3 fully saturated rings. The van der Waals surface area contributed by atoms with Crippen molar-refractivity contribution in [3.05, 3.63) is 0 Å². The van der Waals surface area contributed by atoms with Gasteiger partial charge in [0.25, 0.3) is 0 Å². The van der Waals surface area contributed by atoms with Crippen LogP contribution in [-0.2, 0) is 0 Å². The van der Waals surface area contributed by atoms with Crippen molar-refractivity contribution in [1.82, 2.24) is 9.80 Å². The Hall–Kier alpha value is -0.120. The first-order chi connectivity index (χ1) is 8.88. The van der Waals surface area contributed by atoms with Crippen LogP contribution in [0.5, 0.6) is 0 Å². The van der Waals surface area contributed by atoms with E-state index in [1.807, 2.05) is 0 Å². The molecule has 0 aromatic rings. The van der Waals surface area contributed by atoms with Crippen molar-refractivity contribution >= 4 is 0 Å². The third kappa shape index (κ3) is 2.59. The van der Waals surface area contributed by atoms with Crippen LogP contribution >= 0.6 is 0 Å². The van der Waals surface area contributed by atoms with Crippen molar-refractivity contribution in [1.29, 1.82) is 0 Å². The Balaban J connectivity index is 1.50. The maximum atomic E-state index is 5.92. The molecule has 3 heteroatoms. The molecular weight excluding hydrogens is 222 g/mol. The highest BCUT2D eigenvalue weighted by Crippen LogP contribution is 2.31. The van der Waals surface area contributed by atoms with E-state index in [9.17, 15) is 0 Å². The van der Waals surface area contributed by atoms with E-state index >= 15 is 0 Å². The molecule has 3 nitrogen and oxygen atoms in total. The maximum Gasteiger partial charge on any atom is 0.0137 e. The lowest BCUT2D eigenvalue weighted by atomic mass is 10.0. The fraction of sp³-hybridized carbons (Fsp3) is 1.00. The summed E-state index contributed by atoms with van der Waals surface area (Å²) < 4.78 is 0. The summed E-state index contributed by atoms with van der Waals surface area (Å²) in [7, 11) is 0. The van der Waals surface area contributed by atoms with E-state index in [4.69, 9.17) is 5.73 Å². The Kier molecular flexibility index (Phi) is 4.22. The smallest absolute Gasteiger partial charge is 0.0137 e. The second-order valence-corrected chi connectivity index (χ2v) is 6.50. The largest absolute Gasteiger partial charge is 0.330 e. The summed E-state index contributed by atoms with van der Waals surface area (Å²) in [5, 5.41) is 0. The topological polar surface area (TPSA) is 32.5 Å². The molecule has 104 valence electrons. The first-order valence-corrected chi connectivity index (χ1v) is 8.06. The van der Waals surface area contributed by atoms with Crippen LogP contribution in [0.2, 0.25) is 0 Å². The highest BCUT2D eigenvalue weighted by Gasteiger charge is 2.34. The molecule has 2 atom stereocenters. The number of hydrogen-bond donors (Lipinski definition) is 1. The fourth-order valence-electron chi connectivity index (χ4n) is 4.48. The van der Waals surface area contributed by atoms with Gasteiger partial charge in [-0.1, -0.05) is 19.3 Å². The molecule has 1 aliphatic heterocycles. The van der Waals surface area contributed by atoms with Gasteiger partial charge in [0.1, 0.15) is 0 Å². The maximum absolute atomic E-state index is 5.92. The monoisotopic (exact) mass is 251 g/mol. The van der Waals surface area contributed by atoms with Gasteiger partial charge in [-0.15, -0.1) is 0 Å². The third-order valence-corrected chi connectivity index (χ3v) is 5.58. The van der Waals surface area contributed by atoms with Crippen LogP contribution in [0, 0.1) is 5.92 Å². The van der Waals surface area contributed by atoms with Crippen LogP contribution in [0.25, 0.3) is 0 Å². The quantitative estimate of drug-likeness (QED) is 0.828. The second-order valence-electron chi connectivity index (χ2n) is 6.50. The highest BCUT2D eigenvalue weighted by atomic mass is 15.3. The van der Waals surface area contributed by atoms with Gasteiger partial charge in [0.05, 0.1) is 0 Å². The summed E-state index contributed by atoms with van der Waals surface area (Å²) in [4.78, 5) is 5.51. The normalized spacial score (nSPS) is 36.5. The number of rotatable bonds is 3. The molecule has 0 aromatic carbocycles. The van der Waals surface area contributed by atoms with Crippen molar-refractivity contribution < 1.29 is 0 Å². The standard InChI is InChI=1S/C15H29N3/c16-12-13-4-3-7-15(13)18-10-8-17(9-11-18)14-5-1-2-6-14/h13-15H,1-12,16H2. The van der Waals surface area contributed by atoms with E-state index in [1.54, 1.807) is 0 Å². The predicted molar refractivity (Wildman–Crippen MR) is 75.6 cm³/mol. The summed E-state index contributed by atoms with van der Waals surface area (Å²) in [6.45, 7) is 6.08. The zero-order valence-electron chi connectivity index (χ0n) is 11.7. The SMILES string of the molecule is NCC1CCCC1N1CCN(C2CCCC2)CC1. The van der Waals surface area contributed by atoms with Crippen LogP contribution in [0.15, 0.2) is 0 Å². The van der Waals surface area contributed by atoms with Crippen molar-refractivity contribution in [3.8, 4) is 0 Å². The van der Waals surface area contributed by atoms with Crippen molar-refractivity contribution in [2.75, 3.05) is 32.7 Å². The Morgan fingerprint density at radius 2 is 1.44 bits per heavy atom. The van der Waals surface area contributed by atoms with Crippen LogP contribution in [-0.4, -0.2) is 54.6 Å². The van der Waals surface area contributed by atoms with Crippen molar-refractivity contribution in [2.45, 2.75) is 57.0 Å². The van der Waals surface area contributed by atoms with Crippen LogP contribution in [0.1, 0.15) is 44.9 Å². The molecular formula is C15H29N3. The molecule has 1 heterocycles. The second kappa shape index (κ2) is 5.89. The summed E-state index contributed by atoms with van der Waals surface area (Å²) >= 11 is 0. The lowest BCUT2D eigenvalue weighted by Crippen LogP contribution is -2.54. The van der Waals surface area contributed by atoms with Gasteiger partial charge in [-0.05, 0) is 38.1 Å². The number of hydrogen-bond acceptors (Lipinski definition) is 3. The number of nitrogens with zero attached hydrogens (tertiary/aromatic N) is 2. The van der Waals surface area contributed by atoms with Crippen LogP contribution in [0.4, 0.5) is 0 Å². The summed E-state index contributed by atoms with van der Waals surface area (Å²) in [5.74, 6) is 0.781. The summed E-state index contributed by atoms with van der Waals surface area (Å²) in [6.07, 6.45) is 9.99. The van der Waals surface area contributed by atoms with Gasteiger partial charge in [0.2, 0.25) is 0 Å². The van der Waals surface area contributed by atoms with Crippen LogP contribution < -0.4 is 5.73 Å². The Morgan fingerprint density at radius 1 is 0.778 bits per heavy atom. The third-order valence-electron chi connectivity index (χ3n) is 5.58. The van der Waals surface area contributed by atoms with E-state index in [0.29, 0.717) is 0 Å². The lowest BCUT2D eigenvalue weighted by Gasteiger charge is -2.42.